The Morgan fingerprint density at radius 3 is 2.58 bits per heavy atom. The van der Waals surface area contributed by atoms with Crippen molar-refractivity contribution in [3.05, 3.63) is 62.5 Å². The third-order valence-electron chi connectivity index (χ3n) is 3.89. The van der Waals surface area contributed by atoms with Gasteiger partial charge in [-0.15, -0.1) is 0 Å². The average molecular weight is 440 g/mol. The summed E-state index contributed by atoms with van der Waals surface area (Å²) in [6.45, 7) is 3.89. The molecule has 3 rings (SSSR count). The van der Waals surface area contributed by atoms with E-state index in [-0.39, 0.29) is 5.82 Å². The number of aromatic nitrogens is 4. The van der Waals surface area contributed by atoms with Crippen molar-refractivity contribution in [2.75, 3.05) is 0 Å². The van der Waals surface area contributed by atoms with E-state index in [1.54, 1.807) is 15.4 Å². The minimum Gasteiger partial charge on any atom is -0.380 e. The predicted molar refractivity (Wildman–Crippen MR) is 97.6 cm³/mol. The SMILES string of the molecule is CCc1cc(C(O)c2cc(C)nn2-c2ccc(F)cc2I)n(C)n1. The Hall–Kier alpha value is -1.74. The van der Waals surface area contributed by atoms with Crippen molar-refractivity contribution < 1.29 is 9.50 Å². The number of benzene rings is 1. The number of rotatable bonds is 4. The van der Waals surface area contributed by atoms with E-state index in [9.17, 15) is 9.50 Å². The van der Waals surface area contributed by atoms with Crippen molar-refractivity contribution in [2.24, 2.45) is 7.05 Å². The molecule has 0 fully saturated rings. The summed E-state index contributed by atoms with van der Waals surface area (Å²) >= 11 is 2.07. The zero-order valence-electron chi connectivity index (χ0n) is 13.7. The molecule has 0 bridgehead atoms. The summed E-state index contributed by atoms with van der Waals surface area (Å²) in [5, 5.41) is 19.7. The molecule has 0 aliphatic rings. The topological polar surface area (TPSA) is 55.9 Å². The van der Waals surface area contributed by atoms with Gasteiger partial charge in [0, 0.05) is 10.6 Å². The van der Waals surface area contributed by atoms with Gasteiger partial charge in [-0.2, -0.15) is 10.2 Å². The summed E-state index contributed by atoms with van der Waals surface area (Å²) in [5.74, 6) is -0.298. The summed E-state index contributed by atoms with van der Waals surface area (Å²) in [7, 11) is 1.81. The van der Waals surface area contributed by atoms with Crippen LogP contribution in [0, 0.1) is 16.3 Å². The lowest BCUT2D eigenvalue weighted by Crippen LogP contribution is -2.12. The number of halogens is 2. The lowest BCUT2D eigenvalue weighted by molar-refractivity contribution is 0.201. The summed E-state index contributed by atoms with van der Waals surface area (Å²) in [5.41, 5.74) is 3.76. The lowest BCUT2D eigenvalue weighted by Gasteiger charge is -2.14. The molecule has 0 radical (unpaired) electrons. The molecular weight excluding hydrogens is 422 g/mol. The highest BCUT2D eigenvalue weighted by Gasteiger charge is 2.22. The molecule has 7 heteroatoms. The molecule has 2 heterocycles. The van der Waals surface area contributed by atoms with Gasteiger partial charge < -0.3 is 5.11 Å². The van der Waals surface area contributed by atoms with Crippen LogP contribution in [0.3, 0.4) is 0 Å². The van der Waals surface area contributed by atoms with Crippen molar-refractivity contribution in [1.29, 1.82) is 0 Å². The van der Waals surface area contributed by atoms with E-state index < -0.39 is 6.10 Å². The smallest absolute Gasteiger partial charge is 0.138 e. The van der Waals surface area contributed by atoms with Crippen LogP contribution in [0.25, 0.3) is 5.69 Å². The zero-order valence-corrected chi connectivity index (χ0v) is 15.8. The molecule has 0 amide bonds. The average Bonchev–Trinajstić information content (AvgIpc) is 3.09. The fourth-order valence-corrected chi connectivity index (χ4v) is 3.39. The predicted octanol–water partition coefficient (Wildman–Crippen LogP) is 3.30. The van der Waals surface area contributed by atoms with E-state index in [4.69, 9.17) is 0 Å². The van der Waals surface area contributed by atoms with Gasteiger partial charge in [0.2, 0.25) is 0 Å². The monoisotopic (exact) mass is 440 g/mol. The molecule has 1 unspecified atom stereocenters. The van der Waals surface area contributed by atoms with Crippen LogP contribution in [0.15, 0.2) is 30.3 Å². The molecule has 0 aliphatic carbocycles. The number of hydrogen-bond donors (Lipinski definition) is 1. The van der Waals surface area contributed by atoms with Crippen LogP contribution in [0.2, 0.25) is 0 Å². The molecule has 24 heavy (non-hydrogen) atoms. The van der Waals surface area contributed by atoms with Crippen LogP contribution < -0.4 is 0 Å². The fourth-order valence-electron chi connectivity index (χ4n) is 2.68. The van der Waals surface area contributed by atoms with E-state index in [0.29, 0.717) is 11.4 Å². The second-order valence-corrected chi connectivity index (χ2v) is 6.82. The second-order valence-electron chi connectivity index (χ2n) is 5.66. The van der Waals surface area contributed by atoms with E-state index in [0.717, 1.165) is 27.1 Å². The lowest BCUT2D eigenvalue weighted by atomic mass is 10.1. The molecule has 1 atom stereocenters. The quantitative estimate of drug-likeness (QED) is 0.634. The van der Waals surface area contributed by atoms with Crippen molar-refractivity contribution in [2.45, 2.75) is 26.4 Å². The van der Waals surface area contributed by atoms with Crippen LogP contribution in [-0.2, 0) is 13.5 Å². The van der Waals surface area contributed by atoms with Crippen molar-refractivity contribution >= 4 is 22.6 Å². The van der Waals surface area contributed by atoms with Crippen LogP contribution in [0.1, 0.15) is 35.8 Å². The number of aliphatic hydroxyl groups is 1. The largest absolute Gasteiger partial charge is 0.380 e. The number of aryl methyl sites for hydroxylation is 3. The maximum atomic E-state index is 13.4. The molecule has 1 aromatic carbocycles. The van der Waals surface area contributed by atoms with E-state index in [1.807, 2.05) is 33.0 Å². The highest BCUT2D eigenvalue weighted by molar-refractivity contribution is 14.1. The normalized spacial score (nSPS) is 12.6. The first kappa shape index (κ1) is 17.1. The Kier molecular flexibility index (Phi) is 4.73. The van der Waals surface area contributed by atoms with E-state index in [2.05, 4.69) is 32.8 Å². The Morgan fingerprint density at radius 1 is 1.21 bits per heavy atom. The molecule has 0 saturated heterocycles. The second kappa shape index (κ2) is 6.64. The van der Waals surface area contributed by atoms with Gasteiger partial charge in [-0.25, -0.2) is 9.07 Å². The Morgan fingerprint density at radius 2 is 1.96 bits per heavy atom. The van der Waals surface area contributed by atoms with Gasteiger partial charge in [0.05, 0.1) is 28.5 Å². The van der Waals surface area contributed by atoms with Crippen LogP contribution in [0.4, 0.5) is 4.39 Å². The van der Waals surface area contributed by atoms with Gasteiger partial charge in [0.15, 0.2) is 0 Å². The highest BCUT2D eigenvalue weighted by atomic mass is 127. The Bertz CT molecular complexity index is 887. The van der Waals surface area contributed by atoms with E-state index >= 15 is 0 Å². The first-order chi connectivity index (χ1) is 11.4. The van der Waals surface area contributed by atoms with Gasteiger partial charge in [-0.05, 0) is 66.3 Å². The third kappa shape index (κ3) is 3.10. The first-order valence-corrected chi connectivity index (χ1v) is 8.71. The fraction of sp³-hybridized carbons (Fsp3) is 0.294. The maximum absolute atomic E-state index is 13.4. The Labute approximate surface area is 153 Å². The van der Waals surface area contributed by atoms with Gasteiger partial charge in [-0.1, -0.05) is 6.92 Å². The third-order valence-corrected chi connectivity index (χ3v) is 4.75. The first-order valence-electron chi connectivity index (χ1n) is 7.63. The van der Waals surface area contributed by atoms with Crippen LogP contribution in [0.5, 0.6) is 0 Å². The van der Waals surface area contributed by atoms with Gasteiger partial charge in [0.1, 0.15) is 11.9 Å². The minimum absolute atomic E-state index is 0.298. The molecular formula is C17H18FIN4O. The molecule has 1 N–H and O–H groups in total. The van der Waals surface area contributed by atoms with Crippen molar-refractivity contribution in [3.63, 3.8) is 0 Å². The molecule has 126 valence electrons. The van der Waals surface area contributed by atoms with Crippen LogP contribution >= 0.6 is 22.6 Å². The molecule has 3 aromatic rings. The standard InChI is InChI=1S/C17H18FIN4O/c1-4-12-9-15(22(3)21-12)17(24)16-7-10(2)20-23(16)14-6-5-11(18)8-13(14)19/h5-9,17,24H,4H2,1-3H3. The van der Waals surface area contributed by atoms with Gasteiger partial charge >= 0.3 is 0 Å². The van der Waals surface area contributed by atoms with Crippen molar-refractivity contribution in [1.82, 2.24) is 19.6 Å². The molecule has 5 nitrogen and oxygen atoms in total. The van der Waals surface area contributed by atoms with Gasteiger partial charge in [-0.3, -0.25) is 4.68 Å². The number of aliphatic hydroxyl groups excluding tert-OH is 1. The number of hydrogen-bond acceptors (Lipinski definition) is 3. The molecule has 0 saturated carbocycles. The minimum atomic E-state index is -0.871. The summed E-state index contributed by atoms with van der Waals surface area (Å²) in [4.78, 5) is 0. The summed E-state index contributed by atoms with van der Waals surface area (Å²) < 4.78 is 17.5. The molecule has 0 spiro atoms. The maximum Gasteiger partial charge on any atom is 0.138 e. The molecule has 2 aromatic heterocycles. The number of nitrogens with zero attached hydrogens (tertiary/aromatic N) is 4. The Balaban J connectivity index is 2.10. The van der Waals surface area contributed by atoms with Gasteiger partial charge in [0.25, 0.3) is 0 Å². The summed E-state index contributed by atoms with van der Waals surface area (Å²) in [6, 6.07) is 8.24. The molecule has 0 aliphatic heterocycles. The summed E-state index contributed by atoms with van der Waals surface area (Å²) in [6.07, 6.45) is -0.0702. The van der Waals surface area contributed by atoms with Crippen molar-refractivity contribution in [3.8, 4) is 5.69 Å². The highest BCUT2D eigenvalue weighted by Crippen LogP contribution is 2.27. The van der Waals surface area contributed by atoms with Crippen LogP contribution in [-0.4, -0.2) is 24.7 Å². The zero-order chi connectivity index (χ0) is 17.4. The van der Waals surface area contributed by atoms with E-state index in [1.165, 1.54) is 12.1 Å².